The number of nitrogens with one attached hydrogen (secondary N) is 2. The van der Waals surface area contributed by atoms with Crippen molar-refractivity contribution in [2.45, 2.75) is 26.7 Å². The quantitative estimate of drug-likeness (QED) is 0.591. The molecule has 0 radical (unpaired) electrons. The summed E-state index contributed by atoms with van der Waals surface area (Å²) in [6.07, 6.45) is 0.701. The number of amides is 3. The van der Waals surface area contributed by atoms with Crippen LogP contribution in [0.15, 0.2) is 0 Å². The fourth-order valence-electron chi connectivity index (χ4n) is 1.53. The van der Waals surface area contributed by atoms with Gasteiger partial charge in [0.15, 0.2) is 0 Å². The van der Waals surface area contributed by atoms with Crippen LogP contribution in [-0.4, -0.2) is 54.6 Å². The maximum Gasteiger partial charge on any atom is 0.317 e. The number of carboxylic acid groups (broad SMARTS) is 1. The van der Waals surface area contributed by atoms with E-state index in [-0.39, 0.29) is 30.8 Å². The molecule has 0 aliphatic carbocycles. The van der Waals surface area contributed by atoms with Crippen molar-refractivity contribution in [3.05, 3.63) is 0 Å². The number of carbonyl (C=O) groups is 3. The van der Waals surface area contributed by atoms with Gasteiger partial charge in [-0.2, -0.15) is 0 Å². The maximum atomic E-state index is 11.8. The monoisotopic (exact) mass is 273 g/mol. The molecule has 0 aliphatic heterocycles. The summed E-state index contributed by atoms with van der Waals surface area (Å²) in [4.78, 5) is 35.0. The van der Waals surface area contributed by atoms with Crippen LogP contribution >= 0.6 is 0 Å². The third kappa shape index (κ3) is 7.28. The van der Waals surface area contributed by atoms with Gasteiger partial charge in [-0.25, -0.2) is 4.79 Å². The Hall–Kier alpha value is -1.79. The smallest absolute Gasteiger partial charge is 0.317 e. The number of rotatable bonds is 8. The van der Waals surface area contributed by atoms with Crippen molar-refractivity contribution in [2.24, 2.45) is 5.92 Å². The average molecular weight is 273 g/mol. The highest BCUT2D eigenvalue weighted by atomic mass is 16.4. The number of aliphatic carboxylic acids is 1. The average Bonchev–Trinajstić information content (AvgIpc) is 2.39. The zero-order chi connectivity index (χ0) is 14.8. The lowest BCUT2D eigenvalue weighted by Crippen LogP contribution is -2.46. The van der Waals surface area contributed by atoms with Crippen LogP contribution in [0.1, 0.15) is 26.7 Å². The summed E-state index contributed by atoms with van der Waals surface area (Å²) in [6.45, 7) is 4.36. The molecule has 7 heteroatoms. The Bertz CT molecular complexity index is 320. The van der Waals surface area contributed by atoms with E-state index in [9.17, 15) is 14.4 Å². The molecule has 0 fully saturated rings. The number of hydrogen-bond donors (Lipinski definition) is 3. The standard InChI is InChI=1S/C12H23N3O4/c1-4-9(6-11(17)18)7-14-12(19)15(5-2)8-10(16)13-3/h9H,4-8H2,1-3H3,(H,13,16)(H,14,19)(H,17,18). The summed E-state index contributed by atoms with van der Waals surface area (Å²) < 4.78 is 0. The second kappa shape index (κ2) is 9.18. The molecule has 0 heterocycles. The fraction of sp³-hybridized carbons (Fsp3) is 0.750. The molecule has 0 saturated heterocycles. The molecular formula is C12H23N3O4. The lowest BCUT2D eigenvalue weighted by atomic mass is 10.0. The lowest BCUT2D eigenvalue weighted by Gasteiger charge is -2.22. The third-order valence-corrected chi connectivity index (χ3v) is 2.86. The van der Waals surface area contributed by atoms with Crippen molar-refractivity contribution in [3.8, 4) is 0 Å². The Morgan fingerprint density at radius 2 is 1.89 bits per heavy atom. The second-order valence-corrected chi connectivity index (χ2v) is 4.25. The molecule has 0 rings (SSSR count). The van der Waals surface area contributed by atoms with E-state index in [1.54, 1.807) is 6.92 Å². The number of nitrogens with zero attached hydrogens (tertiary/aromatic N) is 1. The predicted molar refractivity (Wildman–Crippen MR) is 70.7 cm³/mol. The fourth-order valence-corrected chi connectivity index (χ4v) is 1.53. The van der Waals surface area contributed by atoms with E-state index in [2.05, 4.69) is 10.6 Å². The van der Waals surface area contributed by atoms with Gasteiger partial charge in [-0.3, -0.25) is 9.59 Å². The predicted octanol–water partition coefficient (Wildman–Crippen LogP) is 0.265. The molecule has 1 unspecified atom stereocenters. The van der Waals surface area contributed by atoms with Crippen molar-refractivity contribution < 1.29 is 19.5 Å². The number of likely N-dealkylation sites (N-methyl/N-ethyl adjacent to an activating group) is 2. The van der Waals surface area contributed by atoms with Gasteiger partial charge in [0.05, 0.1) is 0 Å². The molecule has 0 bridgehead atoms. The SMILES string of the molecule is CCC(CNC(=O)N(CC)CC(=O)NC)CC(=O)O. The van der Waals surface area contributed by atoms with Gasteiger partial charge >= 0.3 is 12.0 Å². The zero-order valence-electron chi connectivity index (χ0n) is 11.7. The first-order chi connectivity index (χ1) is 8.94. The molecule has 0 aromatic rings. The van der Waals surface area contributed by atoms with Crippen molar-refractivity contribution in [1.82, 2.24) is 15.5 Å². The van der Waals surface area contributed by atoms with Crippen molar-refractivity contribution in [2.75, 3.05) is 26.7 Å². The van der Waals surface area contributed by atoms with Crippen LogP contribution in [0.3, 0.4) is 0 Å². The first kappa shape index (κ1) is 17.2. The van der Waals surface area contributed by atoms with Crippen LogP contribution in [0.5, 0.6) is 0 Å². The Kier molecular flexibility index (Phi) is 8.32. The van der Waals surface area contributed by atoms with E-state index >= 15 is 0 Å². The summed E-state index contributed by atoms with van der Waals surface area (Å²) in [5, 5.41) is 13.8. The number of urea groups is 1. The molecular weight excluding hydrogens is 250 g/mol. The molecule has 0 aliphatic rings. The van der Waals surface area contributed by atoms with Gasteiger partial charge in [-0.05, 0) is 12.8 Å². The maximum absolute atomic E-state index is 11.8. The molecule has 110 valence electrons. The van der Waals surface area contributed by atoms with E-state index in [1.165, 1.54) is 11.9 Å². The van der Waals surface area contributed by atoms with Gasteiger partial charge in [0.1, 0.15) is 6.54 Å². The number of hydrogen-bond acceptors (Lipinski definition) is 3. The summed E-state index contributed by atoms with van der Waals surface area (Å²) in [5.41, 5.74) is 0. The molecule has 1 atom stereocenters. The highest BCUT2D eigenvalue weighted by molar-refractivity contribution is 5.83. The van der Waals surface area contributed by atoms with Gasteiger partial charge in [-0.15, -0.1) is 0 Å². The summed E-state index contributed by atoms with van der Waals surface area (Å²) in [7, 11) is 1.51. The van der Waals surface area contributed by atoms with Crippen LogP contribution in [0.2, 0.25) is 0 Å². The highest BCUT2D eigenvalue weighted by Crippen LogP contribution is 2.06. The highest BCUT2D eigenvalue weighted by Gasteiger charge is 2.17. The van der Waals surface area contributed by atoms with E-state index in [0.717, 1.165) is 0 Å². The largest absolute Gasteiger partial charge is 0.481 e. The van der Waals surface area contributed by atoms with Crippen molar-refractivity contribution in [1.29, 1.82) is 0 Å². The Morgan fingerprint density at radius 1 is 1.26 bits per heavy atom. The Morgan fingerprint density at radius 3 is 2.32 bits per heavy atom. The van der Waals surface area contributed by atoms with Crippen LogP contribution in [0.25, 0.3) is 0 Å². The van der Waals surface area contributed by atoms with Gasteiger partial charge in [0, 0.05) is 26.6 Å². The Labute approximate surface area is 113 Å². The van der Waals surface area contributed by atoms with Gasteiger partial charge < -0.3 is 20.6 Å². The summed E-state index contributed by atoms with van der Waals surface area (Å²) in [6, 6.07) is -0.352. The molecule has 7 nitrogen and oxygen atoms in total. The molecule has 3 N–H and O–H groups in total. The third-order valence-electron chi connectivity index (χ3n) is 2.86. The van der Waals surface area contributed by atoms with E-state index < -0.39 is 5.97 Å². The zero-order valence-corrected chi connectivity index (χ0v) is 11.7. The van der Waals surface area contributed by atoms with Gasteiger partial charge in [0.2, 0.25) is 5.91 Å². The van der Waals surface area contributed by atoms with Crippen LogP contribution in [-0.2, 0) is 9.59 Å². The molecule has 0 saturated carbocycles. The minimum Gasteiger partial charge on any atom is -0.481 e. The normalized spacial score (nSPS) is 11.5. The first-order valence-corrected chi connectivity index (χ1v) is 6.39. The lowest BCUT2D eigenvalue weighted by molar-refractivity contribution is -0.138. The minimum absolute atomic E-state index is 0.00540. The Balaban J connectivity index is 4.25. The van der Waals surface area contributed by atoms with Crippen LogP contribution < -0.4 is 10.6 Å². The first-order valence-electron chi connectivity index (χ1n) is 6.39. The summed E-state index contributed by atoms with van der Waals surface area (Å²) >= 11 is 0. The van der Waals surface area contributed by atoms with Crippen molar-refractivity contribution in [3.63, 3.8) is 0 Å². The second-order valence-electron chi connectivity index (χ2n) is 4.25. The van der Waals surface area contributed by atoms with E-state index in [1.807, 2.05) is 6.92 Å². The topological polar surface area (TPSA) is 98.7 Å². The number of carboxylic acids is 1. The van der Waals surface area contributed by atoms with Gasteiger partial charge in [-0.1, -0.05) is 13.3 Å². The van der Waals surface area contributed by atoms with Crippen LogP contribution in [0, 0.1) is 5.92 Å². The van der Waals surface area contributed by atoms with Crippen molar-refractivity contribution >= 4 is 17.9 Å². The van der Waals surface area contributed by atoms with Crippen LogP contribution in [0.4, 0.5) is 4.79 Å². The van der Waals surface area contributed by atoms with E-state index in [4.69, 9.17) is 5.11 Å². The molecule has 0 spiro atoms. The molecule has 0 aromatic carbocycles. The number of carbonyl (C=O) groups excluding carboxylic acids is 2. The summed E-state index contributed by atoms with van der Waals surface area (Å²) in [5.74, 6) is -1.21. The molecule has 19 heavy (non-hydrogen) atoms. The molecule has 0 aromatic heterocycles. The minimum atomic E-state index is -0.876. The molecule has 3 amide bonds. The van der Waals surface area contributed by atoms with E-state index in [0.29, 0.717) is 19.5 Å². The van der Waals surface area contributed by atoms with Gasteiger partial charge in [0.25, 0.3) is 0 Å².